The number of nitrogens with zero attached hydrogens (tertiary/aromatic N) is 2. The summed E-state index contributed by atoms with van der Waals surface area (Å²) in [5, 5.41) is 4.86. The van der Waals surface area contributed by atoms with E-state index in [0.29, 0.717) is 10.8 Å². The Balaban J connectivity index is 1.79. The number of hydrogen-bond acceptors (Lipinski definition) is 3. The summed E-state index contributed by atoms with van der Waals surface area (Å²) in [6, 6.07) is 9.30. The van der Waals surface area contributed by atoms with Gasteiger partial charge in [0.25, 0.3) is 0 Å². The second-order valence-corrected chi connectivity index (χ2v) is 6.68. The molecule has 4 nitrogen and oxygen atoms in total. The third kappa shape index (κ3) is 3.13. The average Bonchev–Trinajstić information content (AvgIpc) is 3.22. The van der Waals surface area contributed by atoms with Crippen LogP contribution in [0.1, 0.15) is 38.3 Å². The highest BCUT2D eigenvalue weighted by Crippen LogP contribution is 2.49. The van der Waals surface area contributed by atoms with Gasteiger partial charge in [0, 0.05) is 30.2 Å². The number of likely N-dealkylation sites (N-methyl/N-ethyl adjacent to an activating group) is 1. The van der Waals surface area contributed by atoms with Crippen LogP contribution in [0, 0.1) is 0 Å². The van der Waals surface area contributed by atoms with Gasteiger partial charge >= 0.3 is 0 Å². The first-order chi connectivity index (χ1) is 11.1. The first kappa shape index (κ1) is 16.1. The lowest BCUT2D eigenvalue weighted by molar-refractivity contribution is -0.132. The standard InChI is InChI=1S/C18H21ClN2O2/c1-3-4-11-21(2)17(22)18(9-10-18)16-12-15(23-20-16)13-5-7-14(19)8-6-13/h5-8,12H,3-4,9-11H2,1-2H3. The molecule has 0 unspecified atom stereocenters. The molecule has 23 heavy (non-hydrogen) atoms. The van der Waals surface area contributed by atoms with Crippen molar-refractivity contribution in [2.75, 3.05) is 13.6 Å². The highest BCUT2D eigenvalue weighted by molar-refractivity contribution is 6.30. The van der Waals surface area contributed by atoms with E-state index in [1.54, 1.807) is 0 Å². The number of carbonyl (C=O) groups excluding carboxylic acids is 1. The number of amides is 1. The summed E-state index contributed by atoms with van der Waals surface area (Å²) in [5.74, 6) is 0.828. The molecule has 0 bridgehead atoms. The van der Waals surface area contributed by atoms with Crippen LogP contribution in [0.2, 0.25) is 5.02 Å². The molecule has 0 saturated heterocycles. The van der Waals surface area contributed by atoms with E-state index in [1.165, 1.54) is 0 Å². The minimum Gasteiger partial charge on any atom is -0.356 e. The van der Waals surface area contributed by atoms with Gasteiger partial charge in [-0.15, -0.1) is 0 Å². The van der Waals surface area contributed by atoms with Crippen molar-refractivity contribution in [3.63, 3.8) is 0 Å². The summed E-state index contributed by atoms with van der Waals surface area (Å²) < 4.78 is 5.46. The molecule has 1 heterocycles. The van der Waals surface area contributed by atoms with Crippen LogP contribution in [0.4, 0.5) is 0 Å². The van der Waals surface area contributed by atoms with Gasteiger partial charge in [-0.1, -0.05) is 30.1 Å². The molecule has 122 valence electrons. The van der Waals surface area contributed by atoms with Gasteiger partial charge < -0.3 is 9.42 Å². The third-order valence-electron chi connectivity index (χ3n) is 4.48. The van der Waals surface area contributed by atoms with Crippen LogP contribution in [0.25, 0.3) is 11.3 Å². The van der Waals surface area contributed by atoms with Gasteiger partial charge in [-0.25, -0.2) is 0 Å². The molecular weight excluding hydrogens is 312 g/mol. The molecule has 1 aromatic carbocycles. The van der Waals surface area contributed by atoms with Crippen molar-refractivity contribution in [1.82, 2.24) is 10.1 Å². The second kappa shape index (κ2) is 6.36. The van der Waals surface area contributed by atoms with Crippen molar-refractivity contribution in [1.29, 1.82) is 0 Å². The Morgan fingerprint density at radius 3 is 2.65 bits per heavy atom. The average molecular weight is 333 g/mol. The minimum absolute atomic E-state index is 0.155. The van der Waals surface area contributed by atoms with E-state index in [4.69, 9.17) is 16.1 Å². The number of hydrogen-bond donors (Lipinski definition) is 0. The highest BCUT2D eigenvalue weighted by Gasteiger charge is 2.54. The van der Waals surface area contributed by atoms with Crippen LogP contribution in [0.3, 0.4) is 0 Å². The zero-order valence-electron chi connectivity index (χ0n) is 13.5. The molecule has 0 atom stereocenters. The Morgan fingerprint density at radius 2 is 2.04 bits per heavy atom. The molecule has 0 N–H and O–H groups in total. The zero-order chi connectivity index (χ0) is 16.4. The molecule has 5 heteroatoms. The lowest BCUT2D eigenvalue weighted by Crippen LogP contribution is -2.37. The van der Waals surface area contributed by atoms with Crippen LogP contribution >= 0.6 is 11.6 Å². The molecular formula is C18H21ClN2O2. The topological polar surface area (TPSA) is 46.3 Å². The molecule has 0 spiro atoms. The summed E-state index contributed by atoms with van der Waals surface area (Å²) in [6.45, 7) is 2.92. The predicted molar refractivity (Wildman–Crippen MR) is 90.4 cm³/mol. The third-order valence-corrected chi connectivity index (χ3v) is 4.73. The van der Waals surface area contributed by atoms with E-state index in [1.807, 2.05) is 42.3 Å². The van der Waals surface area contributed by atoms with Crippen LogP contribution in [0.5, 0.6) is 0 Å². The van der Waals surface area contributed by atoms with Gasteiger partial charge in [0.05, 0.1) is 11.1 Å². The number of halogens is 1. The summed E-state index contributed by atoms with van der Waals surface area (Å²) in [5.41, 5.74) is 1.18. The van der Waals surface area contributed by atoms with Crippen molar-refractivity contribution in [2.45, 2.75) is 38.0 Å². The normalized spacial score (nSPS) is 15.4. The Hall–Kier alpha value is -1.81. The Labute approximate surface area is 141 Å². The van der Waals surface area contributed by atoms with E-state index in [2.05, 4.69) is 12.1 Å². The van der Waals surface area contributed by atoms with Gasteiger partial charge in [-0.05, 0) is 43.5 Å². The Morgan fingerprint density at radius 1 is 1.35 bits per heavy atom. The summed E-state index contributed by atoms with van der Waals surface area (Å²) in [4.78, 5) is 14.6. The molecule has 1 amide bonds. The van der Waals surface area contributed by atoms with E-state index in [0.717, 1.165) is 43.5 Å². The fourth-order valence-corrected chi connectivity index (χ4v) is 2.94. The SMILES string of the molecule is CCCCN(C)C(=O)C1(c2cc(-c3ccc(Cl)cc3)on2)CC1. The van der Waals surface area contributed by atoms with Gasteiger partial charge in [0.2, 0.25) is 5.91 Å². The quantitative estimate of drug-likeness (QED) is 0.793. The Bertz CT molecular complexity index is 689. The number of unbranched alkanes of at least 4 members (excludes halogenated alkanes) is 1. The van der Waals surface area contributed by atoms with E-state index in [9.17, 15) is 4.79 Å². The summed E-state index contributed by atoms with van der Waals surface area (Å²) in [6.07, 6.45) is 3.78. The number of aromatic nitrogens is 1. The Kier molecular flexibility index (Phi) is 4.44. The van der Waals surface area contributed by atoms with E-state index < -0.39 is 5.41 Å². The molecule has 3 rings (SSSR count). The second-order valence-electron chi connectivity index (χ2n) is 6.25. The van der Waals surface area contributed by atoms with Crippen molar-refractivity contribution >= 4 is 17.5 Å². The van der Waals surface area contributed by atoms with Crippen molar-refractivity contribution < 1.29 is 9.32 Å². The molecule has 1 aliphatic rings. The minimum atomic E-state index is -0.476. The van der Waals surface area contributed by atoms with Crippen LogP contribution in [0.15, 0.2) is 34.9 Å². The van der Waals surface area contributed by atoms with Crippen LogP contribution in [-0.4, -0.2) is 29.6 Å². The molecule has 1 fully saturated rings. The van der Waals surface area contributed by atoms with Gasteiger partial charge in [-0.2, -0.15) is 0 Å². The van der Waals surface area contributed by atoms with E-state index in [-0.39, 0.29) is 5.91 Å². The van der Waals surface area contributed by atoms with Crippen molar-refractivity contribution in [2.24, 2.45) is 0 Å². The predicted octanol–water partition coefficient (Wildman–Crippen LogP) is 4.29. The smallest absolute Gasteiger partial charge is 0.234 e. The highest BCUT2D eigenvalue weighted by atomic mass is 35.5. The lowest BCUT2D eigenvalue weighted by atomic mass is 9.99. The van der Waals surface area contributed by atoms with Gasteiger partial charge in [0.1, 0.15) is 0 Å². The first-order valence-corrected chi connectivity index (χ1v) is 8.43. The lowest BCUT2D eigenvalue weighted by Gasteiger charge is -2.21. The van der Waals surface area contributed by atoms with Gasteiger partial charge in [0.15, 0.2) is 5.76 Å². The van der Waals surface area contributed by atoms with E-state index >= 15 is 0 Å². The molecule has 0 aliphatic heterocycles. The van der Waals surface area contributed by atoms with Crippen LogP contribution < -0.4 is 0 Å². The maximum atomic E-state index is 12.8. The summed E-state index contributed by atoms with van der Waals surface area (Å²) >= 11 is 5.91. The molecule has 1 aliphatic carbocycles. The van der Waals surface area contributed by atoms with Crippen molar-refractivity contribution in [3.8, 4) is 11.3 Å². The van der Waals surface area contributed by atoms with Crippen LogP contribution in [-0.2, 0) is 10.2 Å². The maximum absolute atomic E-state index is 12.8. The number of benzene rings is 1. The maximum Gasteiger partial charge on any atom is 0.234 e. The first-order valence-electron chi connectivity index (χ1n) is 8.05. The zero-order valence-corrected chi connectivity index (χ0v) is 14.3. The summed E-state index contributed by atoms with van der Waals surface area (Å²) in [7, 11) is 1.87. The number of carbonyl (C=O) groups is 1. The fraction of sp³-hybridized carbons (Fsp3) is 0.444. The molecule has 2 aromatic rings. The van der Waals surface area contributed by atoms with Gasteiger partial charge in [-0.3, -0.25) is 4.79 Å². The largest absolute Gasteiger partial charge is 0.356 e. The monoisotopic (exact) mass is 332 g/mol. The molecule has 1 saturated carbocycles. The molecule has 0 radical (unpaired) electrons. The van der Waals surface area contributed by atoms with Crippen molar-refractivity contribution in [3.05, 3.63) is 41.0 Å². The fourth-order valence-electron chi connectivity index (χ4n) is 2.82. The number of rotatable bonds is 6. The molecule has 1 aromatic heterocycles.